The molecule has 1 aromatic heterocycles. The molecule has 2 heterocycles. The fraction of sp³-hybridized carbons (Fsp3) is 0.545. The number of aryl methyl sites for hydroxylation is 1. The highest BCUT2D eigenvalue weighted by molar-refractivity contribution is 7.89. The van der Waals surface area contributed by atoms with E-state index in [0.717, 1.165) is 24.4 Å². The van der Waals surface area contributed by atoms with E-state index in [9.17, 15) is 8.42 Å². The van der Waals surface area contributed by atoms with Gasteiger partial charge in [-0.25, -0.2) is 13.4 Å². The lowest BCUT2D eigenvalue weighted by Crippen LogP contribution is -2.49. The summed E-state index contributed by atoms with van der Waals surface area (Å²) in [7, 11) is -3.58. The van der Waals surface area contributed by atoms with Crippen molar-refractivity contribution in [3.05, 3.63) is 40.5 Å². The van der Waals surface area contributed by atoms with Gasteiger partial charge in [0.1, 0.15) is 5.82 Å². The molecule has 1 aromatic carbocycles. The van der Waals surface area contributed by atoms with Gasteiger partial charge in [0.05, 0.1) is 4.90 Å². The first-order valence-corrected chi connectivity index (χ1v) is 12.8. The van der Waals surface area contributed by atoms with Crippen LogP contribution in [0.5, 0.6) is 0 Å². The van der Waals surface area contributed by atoms with Gasteiger partial charge in [-0.15, -0.1) is 0 Å². The molecule has 0 atom stereocenters. The largest absolute Gasteiger partial charge is 0.354 e. The van der Waals surface area contributed by atoms with E-state index in [1.807, 2.05) is 13.0 Å². The molecule has 1 aliphatic carbocycles. The molecule has 1 saturated heterocycles. The van der Waals surface area contributed by atoms with E-state index in [1.54, 1.807) is 25.1 Å². The lowest BCUT2D eigenvalue weighted by atomic mass is 9.96. The van der Waals surface area contributed by atoms with Crippen molar-refractivity contribution in [1.82, 2.24) is 14.3 Å². The van der Waals surface area contributed by atoms with Crippen LogP contribution in [0.3, 0.4) is 0 Å². The Balaban J connectivity index is 1.45. The Hall–Kier alpha value is -1.90. The number of aromatic nitrogens is 2. The Morgan fingerprint density at radius 3 is 2.45 bits per heavy atom. The van der Waals surface area contributed by atoms with Crippen molar-refractivity contribution in [2.45, 2.75) is 56.9 Å². The van der Waals surface area contributed by atoms with Crippen molar-refractivity contribution in [3.63, 3.8) is 0 Å². The van der Waals surface area contributed by atoms with Crippen molar-refractivity contribution in [2.24, 2.45) is 0 Å². The summed E-state index contributed by atoms with van der Waals surface area (Å²) in [5.41, 5.74) is 1.50. The van der Waals surface area contributed by atoms with Crippen LogP contribution in [0.2, 0.25) is 5.02 Å². The van der Waals surface area contributed by atoms with Crippen LogP contribution in [0, 0.1) is 13.8 Å². The highest BCUT2D eigenvalue weighted by Crippen LogP contribution is 2.27. The molecule has 168 valence electrons. The van der Waals surface area contributed by atoms with Crippen LogP contribution in [0.4, 0.5) is 11.8 Å². The molecule has 0 unspecified atom stereocenters. The minimum atomic E-state index is -3.58. The number of nitrogens with one attached hydrogen (secondary N) is 1. The van der Waals surface area contributed by atoms with Crippen molar-refractivity contribution >= 4 is 33.4 Å². The van der Waals surface area contributed by atoms with Crippen molar-refractivity contribution < 1.29 is 8.42 Å². The molecule has 1 N–H and O–H groups in total. The number of hydrogen-bond acceptors (Lipinski definition) is 6. The van der Waals surface area contributed by atoms with Crippen molar-refractivity contribution in [2.75, 3.05) is 36.4 Å². The highest BCUT2D eigenvalue weighted by Gasteiger charge is 2.30. The monoisotopic (exact) mass is 463 g/mol. The molecule has 0 spiro atoms. The maximum absolute atomic E-state index is 13.1. The minimum absolute atomic E-state index is 0.283. The molecular formula is C22H30ClN5O2S. The Labute approximate surface area is 189 Å². The van der Waals surface area contributed by atoms with Gasteiger partial charge in [0.2, 0.25) is 16.0 Å². The zero-order valence-electron chi connectivity index (χ0n) is 18.1. The Morgan fingerprint density at radius 2 is 1.74 bits per heavy atom. The fourth-order valence-electron chi connectivity index (χ4n) is 4.37. The number of sulfonamides is 1. The number of rotatable bonds is 5. The maximum Gasteiger partial charge on any atom is 0.243 e. The molecule has 7 nitrogen and oxygen atoms in total. The number of nitrogens with zero attached hydrogens (tertiary/aromatic N) is 4. The van der Waals surface area contributed by atoms with Crippen molar-refractivity contribution in [1.29, 1.82) is 0 Å². The summed E-state index contributed by atoms with van der Waals surface area (Å²) in [6.07, 6.45) is 6.12. The number of anilines is 2. The van der Waals surface area contributed by atoms with Crippen LogP contribution in [-0.2, 0) is 10.0 Å². The Kier molecular flexibility index (Phi) is 6.69. The molecular weight excluding hydrogens is 434 g/mol. The topological polar surface area (TPSA) is 78.4 Å². The normalized spacial score (nSPS) is 18.9. The molecule has 0 radical (unpaired) electrons. The van der Waals surface area contributed by atoms with Gasteiger partial charge in [0.25, 0.3) is 0 Å². The van der Waals surface area contributed by atoms with Crippen LogP contribution >= 0.6 is 11.6 Å². The SMILES string of the molecule is Cc1cc(N2CCN(S(=O)(=O)c3cccc(Cl)c3C)CC2)nc(NC2CCCCC2)n1. The maximum atomic E-state index is 13.1. The molecule has 9 heteroatoms. The highest BCUT2D eigenvalue weighted by atomic mass is 35.5. The van der Waals surface area contributed by atoms with Crippen LogP contribution in [0.25, 0.3) is 0 Å². The average molecular weight is 464 g/mol. The second-order valence-corrected chi connectivity index (χ2v) is 10.7. The summed E-state index contributed by atoms with van der Waals surface area (Å²) >= 11 is 6.15. The van der Waals surface area contributed by atoms with Gasteiger partial charge in [0.15, 0.2) is 0 Å². The van der Waals surface area contributed by atoms with Crippen LogP contribution in [-0.4, -0.2) is 54.9 Å². The van der Waals surface area contributed by atoms with Gasteiger partial charge in [0, 0.05) is 49.0 Å². The van der Waals surface area contributed by atoms with E-state index < -0.39 is 10.0 Å². The molecule has 31 heavy (non-hydrogen) atoms. The zero-order valence-corrected chi connectivity index (χ0v) is 19.7. The van der Waals surface area contributed by atoms with Gasteiger partial charge in [-0.2, -0.15) is 9.29 Å². The third-order valence-electron chi connectivity index (χ3n) is 6.18. The quantitative estimate of drug-likeness (QED) is 0.721. The minimum Gasteiger partial charge on any atom is -0.354 e. The molecule has 0 bridgehead atoms. The van der Waals surface area contributed by atoms with E-state index in [4.69, 9.17) is 16.6 Å². The summed E-state index contributed by atoms with van der Waals surface area (Å²) in [6, 6.07) is 7.43. The van der Waals surface area contributed by atoms with Gasteiger partial charge in [-0.1, -0.05) is 36.9 Å². The third-order valence-corrected chi connectivity index (χ3v) is 8.63. The summed E-state index contributed by atoms with van der Waals surface area (Å²) in [4.78, 5) is 11.7. The molecule has 2 aliphatic rings. The molecule has 2 fully saturated rings. The van der Waals surface area contributed by atoms with E-state index in [1.165, 1.54) is 23.6 Å². The predicted molar refractivity (Wildman–Crippen MR) is 124 cm³/mol. The first-order valence-electron chi connectivity index (χ1n) is 11.0. The number of hydrogen-bond donors (Lipinski definition) is 1. The first kappa shape index (κ1) is 22.3. The van der Waals surface area contributed by atoms with E-state index in [-0.39, 0.29) is 4.90 Å². The Morgan fingerprint density at radius 1 is 1.03 bits per heavy atom. The van der Waals surface area contributed by atoms with E-state index in [2.05, 4.69) is 15.2 Å². The lowest BCUT2D eigenvalue weighted by molar-refractivity contribution is 0.383. The van der Waals surface area contributed by atoms with E-state index in [0.29, 0.717) is 48.8 Å². The second-order valence-electron chi connectivity index (χ2n) is 8.42. The van der Waals surface area contributed by atoms with Gasteiger partial charge < -0.3 is 10.2 Å². The summed E-state index contributed by atoms with van der Waals surface area (Å²) in [6.45, 7) is 5.69. The van der Waals surface area contributed by atoms with Gasteiger partial charge in [-0.3, -0.25) is 0 Å². The lowest BCUT2D eigenvalue weighted by Gasteiger charge is -2.35. The van der Waals surface area contributed by atoms with E-state index >= 15 is 0 Å². The first-order chi connectivity index (χ1) is 14.8. The predicted octanol–water partition coefficient (Wildman–Crippen LogP) is 4.00. The molecule has 1 saturated carbocycles. The van der Waals surface area contributed by atoms with Gasteiger partial charge in [-0.05, 0) is 44.4 Å². The third kappa shape index (κ3) is 4.96. The van der Waals surface area contributed by atoms with Gasteiger partial charge >= 0.3 is 0 Å². The van der Waals surface area contributed by atoms with Crippen LogP contribution in [0.15, 0.2) is 29.2 Å². The number of halogens is 1. The number of piperazine rings is 1. The standard InChI is InChI=1S/C22H30ClN5O2S/c1-16-15-21(26-22(24-16)25-18-7-4-3-5-8-18)27-11-13-28(14-12-27)31(29,30)20-10-6-9-19(23)17(20)2/h6,9-10,15,18H,3-5,7-8,11-14H2,1-2H3,(H,24,25,26). The number of benzene rings is 1. The zero-order chi connectivity index (χ0) is 22.0. The fourth-order valence-corrected chi connectivity index (χ4v) is 6.27. The Bertz CT molecular complexity index is 1030. The second kappa shape index (κ2) is 9.30. The molecule has 1 aliphatic heterocycles. The summed E-state index contributed by atoms with van der Waals surface area (Å²) in [5.74, 6) is 1.52. The smallest absolute Gasteiger partial charge is 0.243 e. The van der Waals surface area contributed by atoms with Crippen molar-refractivity contribution in [3.8, 4) is 0 Å². The average Bonchev–Trinajstić information content (AvgIpc) is 2.76. The summed E-state index contributed by atoms with van der Waals surface area (Å²) in [5, 5.41) is 3.97. The van der Waals surface area contributed by atoms with Crippen LogP contribution < -0.4 is 10.2 Å². The summed E-state index contributed by atoms with van der Waals surface area (Å²) < 4.78 is 27.8. The molecule has 0 amide bonds. The van der Waals surface area contributed by atoms with Crippen LogP contribution in [0.1, 0.15) is 43.4 Å². The molecule has 2 aromatic rings. The molecule has 4 rings (SSSR count).